The number of carbonyl (C=O) groups excluding carboxylic acids is 1. The van der Waals surface area contributed by atoms with Gasteiger partial charge >= 0.3 is 0 Å². The van der Waals surface area contributed by atoms with Crippen LogP contribution in [0.4, 0.5) is 4.39 Å². The molecule has 0 fully saturated rings. The topological polar surface area (TPSA) is 26.3 Å². The number of benzene rings is 2. The third-order valence-electron chi connectivity index (χ3n) is 3.12. The van der Waals surface area contributed by atoms with E-state index in [-0.39, 0.29) is 11.5 Å². The van der Waals surface area contributed by atoms with E-state index < -0.39 is 5.82 Å². The average molecular weight is 284 g/mol. The van der Waals surface area contributed by atoms with Crippen LogP contribution in [0.5, 0.6) is 5.75 Å². The number of allylic oxidation sites excluding steroid dienone is 1. The molecular formula is C18H17FO2. The van der Waals surface area contributed by atoms with Gasteiger partial charge < -0.3 is 4.74 Å². The number of aryl methyl sites for hydroxylation is 1. The minimum absolute atomic E-state index is 0.0418. The molecular weight excluding hydrogens is 267 g/mol. The van der Waals surface area contributed by atoms with Crippen LogP contribution in [0.3, 0.4) is 0 Å². The summed E-state index contributed by atoms with van der Waals surface area (Å²) in [5.41, 5.74) is 1.76. The molecule has 2 aromatic carbocycles. The fraction of sp³-hybridized carbons (Fsp3) is 0.167. The highest BCUT2D eigenvalue weighted by molar-refractivity contribution is 5.89. The summed E-state index contributed by atoms with van der Waals surface area (Å²) in [5.74, 6) is -0.230. The van der Waals surface area contributed by atoms with Crippen molar-refractivity contribution in [3.05, 3.63) is 78.1 Å². The largest absolute Gasteiger partial charge is 0.486 e. The van der Waals surface area contributed by atoms with Crippen molar-refractivity contribution >= 4 is 5.78 Å². The fourth-order valence-electron chi connectivity index (χ4n) is 1.92. The molecule has 0 saturated carbocycles. The molecule has 2 rings (SSSR count). The highest BCUT2D eigenvalue weighted by Gasteiger charge is 2.06. The summed E-state index contributed by atoms with van der Waals surface area (Å²) >= 11 is 0. The van der Waals surface area contributed by atoms with Crippen molar-refractivity contribution < 1.29 is 13.9 Å². The first-order valence-corrected chi connectivity index (χ1v) is 6.79. The minimum Gasteiger partial charge on any atom is -0.486 e. The Kier molecular flexibility index (Phi) is 5.27. The van der Waals surface area contributed by atoms with Crippen molar-refractivity contribution in [2.24, 2.45) is 0 Å². The van der Waals surface area contributed by atoms with E-state index in [9.17, 15) is 9.18 Å². The predicted molar refractivity (Wildman–Crippen MR) is 80.7 cm³/mol. The number of hydrogen-bond donors (Lipinski definition) is 0. The summed E-state index contributed by atoms with van der Waals surface area (Å²) in [4.78, 5) is 11.2. The molecule has 0 atom stereocenters. The Morgan fingerprint density at radius 2 is 1.90 bits per heavy atom. The van der Waals surface area contributed by atoms with Gasteiger partial charge in [0.15, 0.2) is 17.3 Å². The van der Waals surface area contributed by atoms with Gasteiger partial charge in [0, 0.05) is 6.42 Å². The van der Waals surface area contributed by atoms with Gasteiger partial charge in [0.05, 0.1) is 0 Å². The van der Waals surface area contributed by atoms with Crippen molar-refractivity contribution in [3.8, 4) is 5.75 Å². The lowest BCUT2D eigenvalue weighted by atomic mass is 10.1. The number of ether oxygens (including phenoxy) is 1. The first-order chi connectivity index (χ1) is 10.2. The molecule has 0 unspecified atom stereocenters. The summed E-state index contributed by atoms with van der Waals surface area (Å²) in [6, 6.07) is 14.4. The molecule has 0 aliphatic carbocycles. The highest BCUT2D eigenvalue weighted by atomic mass is 19.1. The smallest absolute Gasteiger partial charge is 0.165 e. The number of hydrogen-bond acceptors (Lipinski definition) is 2. The monoisotopic (exact) mass is 284 g/mol. The summed E-state index contributed by atoms with van der Waals surface area (Å²) < 4.78 is 19.4. The molecule has 2 aromatic rings. The van der Waals surface area contributed by atoms with Gasteiger partial charge in [0.1, 0.15) is 6.61 Å². The predicted octanol–water partition coefficient (Wildman–Crippen LogP) is 4.09. The zero-order valence-electron chi connectivity index (χ0n) is 11.7. The number of carbonyl (C=O) groups is 1. The van der Waals surface area contributed by atoms with Crippen LogP contribution in [-0.2, 0) is 17.8 Å². The molecule has 0 aliphatic rings. The first-order valence-electron chi connectivity index (χ1n) is 6.79. The molecule has 0 saturated heterocycles. The van der Waals surface area contributed by atoms with Gasteiger partial charge in [-0.3, -0.25) is 4.79 Å². The van der Waals surface area contributed by atoms with Gasteiger partial charge in [0.25, 0.3) is 0 Å². The van der Waals surface area contributed by atoms with Gasteiger partial charge in [0.2, 0.25) is 0 Å². The van der Waals surface area contributed by atoms with Crippen molar-refractivity contribution in [1.82, 2.24) is 0 Å². The Morgan fingerprint density at radius 3 is 2.57 bits per heavy atom. The van der Waals surface area contributed by atoms with Crippen molar-refractivity contribution in [2.45, 2.75) is 19.4 Å². The van der Waals surface area contributed by atoms with Crippen LogP contribution in [-0.4, -0.2) is 5.78 Å². The average Bonchev–Trinajstić information content (AvgIpc) is 2.52. The molecule has 0 bridgehead atoms. The lowest BCUT2D eigenvalue weighted by molar-refractivity contribution is -0.114. The van der Waals surface area contributed by atoms with Crippen molar-refractivity contribution in [1.29, 1.82) is 0 Å². The molecule has 3 heteroatoms. The minimum atomic E-state index is -0.408. The van der Waals surface area contributed by atoms with E-state index in [1.165, 1.54) is 12.1 Å². The Bertz CT molecular complexity index is 620. The van der Waals surface area contributed by atoms with Crippen LogP contribution < -0.4 is 4.74 Å². The Hall–Kier alpha value is -2.42. The lowest BCUT2D eigenvalue weighted by Gasteiger charge is -2.08. The van der Waals surface area contributed by atoms with E-state index in [2.05, 4.69) is 6.58 Å². The molecule has 0 heterocycles. The molecule has 0 spiro atoms. The van der Waals surface area contributed by atoms with Crippen LogP contribution in [0.15, 0.2) is 61.2 Å². The lowest BCUT2D eigenvalue weighted by Crippen LogP contribution is -1.99. The molecule has 0 radical (unpaired) electrons. The van der Waals surface area contributed by atoms with Crippen LogP contribution in [0.2, 0.25) is 0 Å². The van der Waals surface area contributed by atoms with E-state index in [0.717, 1.165) is 11.1 Å². The zero-order chi connectivity index (χ0) is 15.1. The number of halogens is 1. The molecule has 0 aliphatic heterocycles. The van der Waals surface area contributed by atoms with E-state index in [4.69, 9.17) is 4.74 Å². The fourth-order valence-corrected chi connectivity index (χ4v) is 1.92. The quantitative estimate of drug-likeness (QED) is 0.716. The third kappa shape index (κ3) is 4.56. The summed E-state index contributed by atoms with van der Waals surface area (Å²) in [5, 5.41) is 0. The van der Waals surface area contributed by atoms with Crippen molar-refractivity contribution in [3.63, 3.8) is 0 Å². The van der Waals surface area contributed by atoms with Gasteiger partial charge in [-0.05, 0) is 35.8 Å². The number of rotatable bonds is 7. The highest BCUT2D eigenvalue weighted by Crippen LogP contribution is 2.20. The number of ketones is 1. The van der Waals surface area contributed by atoms with Crippen LogP contribution in [0.25, 0.3) is 0 Å². The Morgan fingerprint density at radius 1 is 1.14 bits per heavy atom. The summed E-state index contributed by atoms with van der Waals surface area (Å²) in [6.07, 6.45) is 2.13. The summed E-state index contributed by atoms with van der Waals surface area (Å²) in [6.45, 7) is 3.74. The van der Waals surface area contributed by atoms with Crippen LogP contribution in [0.1, 0.15) is 17.5 Å². The molecule has 21 heavy (non-hydrogen) atoms. The van der Waals surface area contributed by atoms with Gasteiger partial charge in [-0.15, -0.1) is 0 Å². The van der Waals surface area contributed by atoms with Crippen molar-refractivity contribution in [2.75, 3.05) is 0 Å². The second-order valence-corrected chi connectivity index (χ2v) is 4.71. The van der Waals surface area contributed by atoms with Crippen LogP contribution in [0, 0.1) is 5.82 Å². The van der Waals surface area contributed by atoms with Gasteiger partial charge in [-0.25, -0.2) is 4.39 Å². The van der Waals surface area contributed by atoms with E-state index >= 15 is 0 Å². The van der Waals surface area contributed by atoms with Gasteiger partial charge in [-0.2, -0.15) is 0 Å². The first kappa shape index (κ1) is 15.0. The molecule has 0 aromatic heterocycles. The molecule has 0 N–H and O–H groups in total. The maximum Gasteiger partial charge on any atom is 0.165 e. The molecule has 2 nitrogen and oxygen atoms in total. The Balaban J connectivity index is 1.95. The maximum atomic E-state index is 13.9. The molecule has 108 valence electrons. The second-order valence-electron chi connectivity index (χ2n) is 4.71. The van der Waals surface area contributed by atoms with E-state index in [1.54, 1.807) is 12.1 Å². The standard InChI is InChI=1S/C18H17FO2/c1-2-16(20)10-8-14-9-11-18(17(19)12-14)21-13-15-6-4-3-5-7-15/h2-7,9,11-12H,1,8,10,13H2. The van der Waals surface area contributed by atoms with Crippen LogP contribution >= 0.6 is 0 Å². The Labute approximate surface area is 123 Å². The molecule has 0 amide bonds. The third-order valence-corrected chi connectivity index (χ3v) is 3.12. The van der Waals surface area contributed by atoms with Gasteiger partial charge in [-0.1, -0.05) is 43.0 Å². The summed E-state index contributed by atoms with van der Waals surface area (Å²) in [7, 11) is 0. The van der Waals surface area contributed by atoms with E-state index in [0.29, 0.717) is 19.4 Å². The van der Waals surface area contributed by atoms with E-state index in [1.807, 2.05) is 30.3 Å². The normalized spacial score (nSPS) is 10.1. The maximum absolute atomic E-state index is 13.9. The SMILES string of the molecule is C=CC(=O)CCc1ccc(OCc2ccccc2)c(F)c1. The zero-order valence-corrected chi connectivity index (χ0v) is 11.7. The second kappa shape index (κ2) is 7.39.